The molecule has 1 aromatic heterocycles. The number of anilines is 2. The molecule has 7 heteroatoms. The summed E-state index contributed by atoms with van der Waals surface area (Å²) in [4.78, 5) is 16.6. The maximum absolute atomic E-state index is 12.0. The first-order chi connectivity index (χ1) is 13.6. The number of para-hydroxylation sites is 1. The number of urea groups is 1. The lowest BCUT2D eigenvalue weighted by Gasteiger charge is -2.11. The number of carbonyl (C=O) groups excluding carboxylic acids is 1. The molecule has 2 aromatic carbocycles. The topological polar surface area (TPSA) is 99.1 Å². The van der Waals surface area contributed by atoms with E-state index >= 15 is 0 Å². The third-order valence-corrected chi connectivity index (χ3v) is 4.20. The van der Waals surface area contributed by atoms with Crippen molar-refractivity contribution in [2.75, 3.05) is 30.8 Å². The van der Waals surface area contributed by atoms with Crippen LogP contribution in [0.1, 0.15) is 11.1 Å². The van der Waals surface area contributed by atoms with Crippen molar-refractivity contribution in [2.24, 2.45) is 0 Å². The van der Waals surface area contributed by atoms with Gasteiger partial charge < -0.3 is 20.7 Å². The van der Waals surface area contributed by atoms with Gasteiger partial charge in [-0.15, -0.1) is 0 Å². The van der Waals surface area contributed by atoms with Gasteiger partial charge in [-0.2, -0.15) is 5.26 Å². The molecule has 0 fully saturated rings. The Morgan fingerprint density at radius 3 is 2.79 bits per heavy atom. The quantitative estimate of drug-likeness (QED) is 0.571. The van der Waals surface area contributed by atoms with Gasteiger partial charge in [-0.1, -0.05) is 24.3 Å². The Bertz CT molecular complexity index is 1040. The number of ether oxygens (including phenoxy) is 1. The molecule has 0 saturated carbocycles. The van der Waals surface area contributed by atoms with Crippen LogP contribution in [-0.4, -0.2) is 31.2 Å². The van der Waals surface area contributed by atoms with Gasteiger partial charge in [0.05, 0.1) is 18.2 Å². The number of benzene rings is 2. The molecule has 0 spiro atoms. The van der Waals surface area contributed by atoms with Crippen molar-refractivity contribution in [3.05, 3.63) is 59.7 Å². The van der Waals surface area contributed by atoms with Crippen molar-refractivity contribution in [1.82, 2.24) is 10.3 Å². The van der Waals surface area contributed by atoms with Crippen molar-refractivity contribution in [3.63, 3.8) is 0 Å². The first-order valence-electron chi connectivity index (χ1n) is 8.84. The van der Waals surface area contributed by atoms with Crippen molar-refractivity contribution in [3.8, 4) is 11.8 Å². The second kappa shape index (κ2) is 8.73. The van der Waals surface area contributed by atoms with E-state index < -0.39 is 0 Å². The smallest absolute Gasteiger partial charge is 0.319 e. The molecule has 0 unspecified atom stereocenters. The molecule has 2 amide bonds. The average molecular weight is 375 g/mol. The molecule has 28 heavy (non-hydrogen) atoms. The van der Waals surface area contributed by atoms with Crippen molar-refractivity contribution in [1.29, 1.82) is 5.26 Å². The van der Waals surface area contributed by atoms with Crippen LogP contribution in [0.3, 0.4) is 0 Å². The van der Waals surface area contributed by atoms with Crippen LogP contribution >= 0.6 is 0 Å². The number of amides is 2. The van der Waals surface area contributed by atoms with E-state index in [0.29, 0.717) is 35.9 Å². The van der Waals surface area contributed by atoms with E-state index in [4.69, 9.17) is 4.74 Å². The van der Waals surface area contributed by atoms with Crippen LogP contribution in [-0.2, 0) is 0 Å². The fraction of sp³-hybridized carbons (Fsp3) is 0.190. The van der Waals surface area contributed by atoms with Crippen LogP contribution < -0.4 is 20.7 Å². The summed E-state index contributed by atoms with van der Waals surface area (Å²) in [5.74, 6) is 1.18. The highest BCUT2D eigenvalue weighted by Gasteiger charge is 2.08. The summed E-state index contributed by atoms with van der Waals surface area (Å²) in [6.45, 7) is 2.79. The third-order valence-electron chi connectivity index (χ3n) is 4.20. The number of methoxy groups -OCH3 is 1. The molecule has 0 aliphatic rings. The largest absolute Gasteiger partial charge is 0.497 e. The van der Waals surface area contributed by atoms with Gasteiger partial charge in [0.25, 0.3) is 0 Å². The maximum atomic E-state index is 12.0. The third kappa shape index (κ3) is 4.48. The zero-order valence-electron chi connectivity index (χ0n) is 15.7. The minimum atomic E-state index is -0.321. The van der Waals surface area contributed by atoms with Gasteiger partial charge in [-0.3, -0.25) is 0 Å². The van der Waals surface area contributed by atoms with E-state index in [1.54, 1.807) is 31.4 Å². The number of fused-ring (bicyclic) bond motifs is 1. The molecule has 3 aromatic rings. The Morgan fingerprint density at radius 2 is 2.00 bits per heavy atom. The van der Waals surface area contributed by atoms with Crippen molar-refractivity contribution < 1.29 is 9.53 Å². The fourth-order valence-corrected chi connectivity index (χ4v) is 2.80. The van der Waals surface area contributed by atoms with Crippen molar-refractivity contribution >= 4 is 28.4 Å². The molecule has 0 aliphatic carbocycles. The normalized spacial score (nSPS) is 10.2. The molecular formula is C21H21N5O2. The number of nitriles is 1. The van der Waals surface area contributed by atoms with Gasteiger partial charge in [0.15, 0.2) is 0 Å². The molecule has 0 aliphatic heterocycles. The highest BCUT2D eigenvalue weighted by Crippen LogP contribution is 2.22. The molecule has 3 N–H and O–H groups in total. The number of nitrogens with one attached hydrogen (secondary N) is 3. The molecular weight excluding hydrogens is 354 g/mol. The molecule has 0 atom stereocenters. The highest BCUT2D eigenvalue weighted by molar-refractivity contribution is 5.89. The SMILES string of the molecule is COc1cccc(NC(=O)NCCNc2nc3c(C)cccc3cc2C#N)c1. The molecule has 0 radical (unpaired) electrons. The van der Waals surface area contributed by atoms with Crippen LogP contribution in [0.2, 0.25) is 0 Å². The molecule has 3 rings (SSSR count). The lowest BCUT2D eigenvalue weighted by molar-refractivity contribution is 0.252. The predicted octanol–water partition coefficient (Wildman–Crippen LogP) is 3.66. The zero-order valence-corrected chi connectivity index (χ0v) is 15.7. The summed E-state index contributed by atoms with van der Waals surface area (Å²) in [5.41, 5.74) is 3.01. The number of aryl methyl sites for hydroxylation is 1. The van der Waals surface area contributed by atoms with Crippen LogP contribution in [0.5, 0.6) is 5.75 Å². The predicted molar refractivity (Wildman–Crippen MR) is 110 cm³/mol. The molecule has 0 bridgehead atoms. The average Bonchev–Trinajstić information content (AvgIpc) is 2.71. The van der Waals surface area contributed by atoms with Gasteiger partial charge in [-0.25, -0.2) is 9.78 Å². The first kappa shape index (κ1) is 19.0. The molecule has 1 heterocycles. The van der Waals surface area contributed by atoms with Crippen LogP contribution in [0.4, 0.5) is 16.3 Å². The van der Waals surface area contributed by atoms with Crippen molar-refractivity contribution in [2.45, 2.75) is 6.92 Å². The summed E-state index contributed by atoms with van der Waals surface area (Å²) in [5, 5.41) is 18.9. The summed E-state index contributed by atoms with van der Waals surface area (Å²) in [6, 6.07) is 16.6. The number of carbonyl (C=O) groups is 1. The number of nitrogens with zero attached hydrogens (tertiary/aromatic N) is 2. The van der Waals surface area contributed by atoms with E-state index in [-0.39, 0.29) is 6.03 Å². The minimum Gasteiger partial charge on any atom is -0.497 e. The summed E-state index contributed by atoms with van der Waals surface area (Å²) in [6.07, 6.45) is 0. The lowest BCUT2D eigenvalue weighted by atomic mass is 10.1. The number of aromatic nitrogens is 1. The second-order valence-corrected chi connectivity index (χ2v) is 6.18. The number of hydrogen-bond donors (Lipinski definition) is 3. The first-order valence-corrected chi connectivity index (χ1v) is 8.84. The van der Waals surface area contributed by atoms with E-state index in [0.717, 1.165) is 16.5 Å². The van der Waals surface area contributed by atoms with Crippen LogP contribution in [0, 0.1) is 18.3 Å². The lowest BCUT2D eigenvalue weighted by Crippen LogP contribution is -2.32. The monoisotopic (exact) mass is 375 g/mol. The molecule has 142 valence electrons. The highest BCUT2D eigenvalue weighted by atomic mass is 16.5. The van der Waals surface area contributed by atoms with Gasteiger partial charge in [-0.05, 0) is 30.7 Å². The standard InChI is InChI=1S/C21H21N5O2/c1-14-5-3-6-15-11-16(13-22)20(26-19(14)15)23-9-10-24-21(27)25-17-7-4-8-18(12-17)28-2/h3-8,11-12H,9-10H2,1-2H3,(H,23,26)(H2,24,25,27). The summed E-state index contributed by atoms with van der Waals surface area (Å²) < 4.78 is 5.13. The van der Waals surface area contributed by atoms with E-state index in [1.165, 1.54) is 0 Å². The maximum Gasteiger partial charge on any atom is 0.319 e. The Hall–Kier alpha value is -3.79. The molecule has 0 saturated heterocycles. The number of rotatable bonds is 6. The Morgan fingerprint density at radius 1 is 1.18 bits per heavy atom. The van der Waals surface area contributed by atoms with E-state index in [2.05, 4.69) is 27.0 Å². The number of hydrogen-bond acceptors (Lipinski definition) is 5. The minimum absolute atomic E-state index is 0.321. The van der Waals surface area contributed by atoms with Gasteiger partial charge in [0.1, 0.15) is 17.6 Å². The van der Waals surface area contributed by atoms with E-state index in [9.17, 15) is 10.1 Å². The van der Waals surface area contributed by atoms with Gasteiger partial charge in [0.2, 0.25) is 0 Å². The Labute approximate surface area is 163 Å². The van der Waals surface area contributed by atoms with Crippen LogP contribution in [0.15, 0.2) is 48.5 Å². The Balaban J connectivity index is 1.57. The summed E-state index contributed by atoms with van der Waals surface area (Å²) in [7, 11) is 1.57. The van der Waals surface area contributed by atoms with Gasteiger partial charge in [0, 0.05) is 30.2 Å². The van der Waals surface area contributed by atoms with Gasteiger partial charge >= 0.3 is 6.03 Å². The number of pyridine rings is 1. The van der Waals surface area contributed by atoms with E-state index in [1.807, 2.05) is 31.2 Å². The van der Waals surface area contributed by atoms with Crippen LogP contribution in [0.25, 0.3) is 10.9 Å². The molecule has 7 nitrogen and oxygen atoms in total. The summed E-state index contributed by atoms with van der Waals surface area (Å²) >= 11 is 0. The second-order valence-electron chi connectivity index (χ2n) is 6.18. The zero-order chi connectivity index (χ0) is 19.9. The fourth-order valence-electron chi connectivity index (χ4n) is 2.80. The Kier molecular flexibility index (Phi) is 5.92.